The lowest BCUT2D eigenvalue weighted by molar-refractivity contribution is -0.126. The fourth-order valence-electron chi connectivity index (χ4n) is 2.41. The smallest absolute Gasteiger partial charge is 0.281 e. The molecule has 1 amide bonds. The van der Waals surface area contributed by atoms with E-state index in [0.29, 0.717) is 10.8 Å². The van der Waals surface area contributed by atoms with Crippen molar-refractivity contribution in [2.45, 2.75) is 24.0 Å². The Balaban J connectivity index is 1.79. The first-order chi connectivity index (χ1) is 10.9. The Morgan fingerprint density at radius 2 is 2.00 bits per heavy atom. The van der Waals surface area contributed by atoms with Crippen LogP contribution in [0.5, 0.6) is 5.75 Å². The van der Waals surface area contributed by atoms with Crippen molar-refractivity contribution in [2.75, 3.05) is 0 Å². The highest BCUT2D eigenvalue weighted by Gasteiger charge is 2.38. The first-order valence-corrected chi connectivity index (χ1v) is 8.68. The fraction of sp³-hybridized carbons (Fsp3) is 0.200. The fourth-order valence-corrected chi connectivity index (χ4v) is 3.45. The van der Waals surface area contributed by atoms with Gasteiger partial charge in [0.25, 0.3) is 15.9 Å². The summed E-state index contributed by atoms with van der Waals surface area (Å²) in [5, 5.41) is 0.0249. The number of aromatic nitrogens is 1. The zero-order valence-electron chi connectivity index (χ0n) is 12.1. The SMILES string of the molecule is C[C@@H]1c2ccccc2O[C@H]1C(=O)NS(=O)(=O)c1ccc(Cl)cn1. The highest BCUT2D eigenvalue weighted by atomic mass is 35.5. The van der Waals surface area contributed by atoms with E-state index in [1.165, 1.54) is 18.3 Å². The van der Waals surface area contributed by atoms with Crippen LogP contribution in [0.1, 0.15) is 18.4 Å². The van der Waals surface area contributed by atoms with Crippen LogP contribution in [0.2, 0.25) is 5.02 Å². The van der Waals surface area contributed by atoms with E-state index in [9.17, 15) is 13.2 Å². The number of hydrogen-bond donors (Lipinski definition) is 1. The van der Waals surface area contributed by atoms with E-state index < -0.39 is 22.0 Å². The van der Waals surface area contributed by atoms with Gasteiger partial charge in [-0.05, 0) is 18.2 Å². The standard InChI is InChI=1S/C15H13ClN2O4S/c1-9-11-4-2-3-5-12(11)22-14(9)15(19)18-23(20,21)13-7-6-10(16)8-17-13/h2-9,14H,1H3,(H,18,19)/t9-,14-/m1/s1. The highest BCUT2D eigenvalue weighted by Crippen LogP contribution is 2.37. The second-order valence-electron chi connectivity index (χ2n) is 5.15. The van der Waals surface area contributed by atoms with Crippen molar-refractivity contribution in [1.29, 1.82) is 0 Å². The number of carbonyl (C=O) groups is 1. The largest absolute Gasteiger partial charge is 0.480 e. The number of nitrogens with one attached hydrogen (secondary N) is 1. The Morgan fingerprint density at radius 1 is 1.26 bits per heavy atom. The Hall–Kier alpha value is -2.12. The maximum absolute atomic E-state index is 12.3. The maximum atomic E-state index is 12.3. The molecule has 23 heavy (non-hydrogen) atoms. The summed E-state index contributed by atoms with van der Waals surface area (Å²) in [5.41, 5.74) is 0.870. The van der Waals surface area contributed by atoms with Crippen molar-refractivity contribution in [1.82, 2.24) is 9.71 Å². The van der Waals surface area contributed by atoms with Crippen LogP contribution in [0.3, 0.4) is 0 Å². The van der Waals surface area contributed by atoms with Gasteiger partial charge in [-0.3, -0.25) is 4.79 Å². The van der Waals surface area contributed by atoms with Crippen LogP contribution in [0, 0.1) is 0 Å². The van der Waals surface area contributed by atoms with Gasteiger partial charge in [-0.2, -0.15) is 8.42 Å². The minimum atomic E-state index is -4.07. The third-order valence-electron chi connectivity index (χ3n) is 3.59. The van der Waals surface area contributed by atoms with Crippen molar-refractivity contribution < 1.29 is 17.9 Å². The molecule has 0 aliphatic carbocycles. The van der Waals surface area contributed by atoms with Crippen LogP contribution in [0.15, 0.2) is 47.6 Å². The van der Waals surface area contributed by atoms with Gasteiger partial charge in [-0.25, -0.2) is 9.71 Å². The number of para-hydroxylation sites is 1. The zero-order valence-corrected chi connectivity index (χ0v) is 13.6. The molecule has 2 atom stereocenters. The first-order valence-electron chi connectivity index (χ1n) is 6.82. The number of fused-ring (bicyclic) bond motifs is 1. The summed E-state index contributed by atoms with van der Waals surface area (Å²) in [7, 11) is -4.07. The van der Waals surface area contributed by atoms with Crippen LogP contribution in [-0.4, -0.2) is 25.4 Å². The van der Waals surface area contributed by atoms with E-state index in [-0.39, 0.29) is 10.9 Å². The van der Waals surface area contributed by atoms with Gasteiger partial charge >= 0.3 is 0 Å². The monoisotopic (exact) mass is 352 g/mol. The average molecular weight is 353 g/mol. The maximum Gasteiger partial charge on any atom is 0.281 e. The summed E-state index contributed by atoms with van der Waals surface area (Å²) in [6, 6.07) is 9.84. The topological polar surface area (TPSA) is 85.4 Å². The van der Waals surface area contributed by atoms with Crippen LogP contribution in [0.25, 0.3) is 0 Å². The third kappa shape index (κ3) is 3.02. The van der Waals surface area contributed by atoms with Gasteiger partial charge in [0, 0.05) is 17.7 Å². The summed E-state index contributed by atoms with van der Waals surface area (Å²) in [6.45, 7) is 1.81. The quantitative estimate of drug-likeness (QED) is 0.914. The molecule has 6 nitrogen and oxygen atoms in total. The number of pyridine rings is 1. The molecule has 0 saturated heterocycles. The van der Waals surface area contributed by atoms with Crippen LogP contribution in [-0.2, 0) is 14.8 Å². The molecule has 120 valence electrons. The summed E-state index contributed by atoms with van der Waals surface area (Å²) in [6.07, 6.45) is 0.292. The van der Waals surface area contributed by atoms with Gasteiger partial charge < -0.3 is 4.74 Å². The van der Waals surface area contributed by atoms with Crippen LogP contribution in [0.4, 0.5) is 0 Å². The first kappa shape index (κ1) is 15.8. The normalized spacial score (nSPS) is 19.7. The molecule has 1 aromatic carbocycles. The molecule has 2 heterocycles. The number of benzene rings is 1. The number of amides is 1. The van der Waals surface area contributed by atoms with Gasteiger partial charge in [0.2, 0.25) is 0 Å². The average Bonchev–Trinajstić information content (AvgIpc) is 2.85. The number of ether oxygens (including phenoxy) is 1. The Kier molecular flexibility index (Phi) is 3.99. The van der Waals surface area contributed by atoms with E-state index in [0.717, 1.165) is 5.56 Å². The lowest BCUT2D eigenvalue weighted by Crippen LogP contribution is -2.42. The molecule has 1 N–H and O–H groups in total. The number of hydrogen-bond acceptors (Lipinski definition) is 5. The van der Waals surface area contributed by atoms with Gasteiger partial charge in [-0.1, -0.05) is 36.7 Å². The van der Waals surface area contributed by atoms with Gasteiger partial charge in [-0.15, -0.1) is 0 Å². The molecule has 3 rings (SSSR count). The molecule has 2 aromatic rings. The van der Waals surface area contributed by atoms with Gasteiger partial charge in [0.05, 0.1) is 5.02 Å². The summed E-state index contributed by atoms with van der Waals surface area (Å²) in [4.78, 5) is 16.0. The molecule has 1 aliphatic rings. The van der Waals surface area contributed by atoms with Crippen molar-refractivity contribution in [2.24, 2.45) is 0 Å². The predicted octanol–water partition coefficient (Wildman–Crippen LogP) is 2.10. The van der Waals surface area contributed by atoms with E-state index in [1.807, 2.05) is 23.8 Å². The molecular weight excluding hydrogens is 340 g/mol. The zero-order chi connectivity index (χ0) is 16.6. The number of rotatable bonds is 3. The summed E-state index contributed by atoms with van der Waals surface area (Å²) in [5.74, 6) is -0.396. The van der Waals surface area contributed by atoms with Gasteiger partial charge in [0.15, 0.2) is 11.1 Å². The van der Waals surface area contributed by atoms with Crippen molar-refractivity contribution >= 4 is 27.5 Å². The molecule has 1 aliphatic heterocycles. The Morgan fingerprint density at radius 3 is 2.65 bits per heavy atom. The minimum absolute atomic E-state index is 0.250. The molecule has 8 heteroatoms. The number of sulfonamides is 1. The van der Waals surface area contributed by atoms with Crippen molar-refractivity contribution in [3.05, 3.63) is 53.2 Å². The Labute approximate surface area is 138 Å². The summed E-state index contributed by atoms with van der Waals surface area (Å²) >= 11 is 5.68. The molecular formula is C15H13ClN2O4S. The van der Waals surface area contributed by atoms with Crippen molar-refractivity contribution in [3.63, 3.8) is 0 Å². The Bertz CT molecular complexity index is 852. The highest BCUT2D eigenvalue weighted by molar-refractivity contribution is 7.90. The molecule has 0 saturated carbocycles. The molecule has 0 fully saturated rings. The second kappa shape index (κ2) is 5.82. The van der Waals surface area contributed by atoms with Crippen LogP contribution < -0.4 is 9.46 Å². The molecule has 0 bridgehead atoms. The molecule has 0 radical (unpaired) electrons. The van der Waals surface area contributed by atoms with E-state index >= 15 is 0 Å². The van der Waals surface area contributed by atoms with E-state index in [1.54, 1.807) is 12.1 Å². The second-order valence-corrected chi connectivity index (χ2v) is 7.22. The van der Waals surface area contributed by atoms with Crippen LogP contribution >= 0.6 is 11.6 Å². The van der Waals surface area contributed by atoms with Crippen molar-refractivity contribution in [3.8, 4) is 5.75 Å². The van der Waals surface area contributed by atoms with E-state index in [4.69, 9.17) is 16.3 Å². The lowest BCUT2D eigenvalue weighted by Gasteiger charge is -2.15. The van der Waals surface area contributed by atoms with E-state index in [2.05, 4.69) is 4.98 Å². The summed E-state index contributed by atoms with van der Waals surface area (Å²) < 4.78 is 32.0. The molecule has 1 aromatic heterocycles. The lowest BCUT2D eigenvalue weighted by atomic mass is 9.97. The number of halogens is 1. The number of carbonyl (C=O) groups excluding carboxylic acids is 1. The number of nitrogens with zero attached hydrogens (tertiary/aromatic N) is 1. The molecule has 0 spiro atoms. The predicted molar refractivity (Wildman–Crippen MR) is 83.8 cm³/mol. The third-order valence-corrected chi connectivity index (χ3v) is 5.07. The van der Waals surface area contributed by atoms with Gasteiger partial charge in [0.1, 0.15) is 5.75 Å². The minimum Gasteiger partial charge on any atom is -0.480 e. The molecule has 0 unspecified atom stereocenters.